The monoisotopic (exact) mass is 488 g/mol. The third-order valence-electron chi connectivity index (χ3n) is 5.41. The number of hydrogen-bond acceptors (Lipinski definition) is 4. The lowest BCUT2D eigenvalue weighted by Gasteiger charge is -2.32. The first kappa shape index (κ1) is 22.2. The third kappa shape index (κ3) is 5.96. The third-order valence-corrected chi connectivity index (χ3v) is 5.41. The Morgan fingerprint density at radius 2 is 2.07 bits per heavy atom. The van der Waals surface area contributed by atoms with Crippen molar-refractivity contribution in [2.45, 2.75) is 25.8 Å². The van der Waals surface area contributed by atoms with E-state index in [1.54, 1.807) is 7.11 Å². The number of aryl methyl sites for hydroxylation is 1. The molecular formula is C20H33IN4O2. The zero-order valence-electron chi connectivity index (χ0n) is 16.7. The van der Waals surface area contributed by atoms with E-state index >= 15 is 0 Å². The fraction of sp³-hybridized carbons (Fsp3) is 0.650. The van der Waals surface area contributed by atoms with Crippen LogP contribution < -0.4 is 10.1 Å². The average Bonchev–Trinajstić information content (AvgIpc) is 3.17. The van der Waals surface area contributed by atoms with Crippen molar-refractivity contribution in [2.24, 2.45) is 4.99 Å². The number of nitrogens with zero attached hydrogens (tertiary/aromatic N) is 3. The van der Waals surface area contributed by atoms with Crippen molar-refractivity contribution in [2.75, 3.05) is 60.1 Å². The van der Waals surface area contributed by atoms with Crippen molar-refractivity contribution >= 4 is 29.9 Å². The minimum atomic E-state index is 0. The smallest absolute Gasteiger partial charge is 0.193 e. The Labute approximate surface area is 180 Å². The summed E-state index contributed by atoms with van der Waals surface area (Å²) in [7, 11) is 3.60. The van der Waals surface area contributed by atoms with Crippen LogP contribution in [0.25, 0.3) is 0 Å². The normalized spacial score (nSPS) is 21.1. The Kier molecular flexibility index (Phi) is 9.11. The topological polar surface area (TPSA) is 49.3 Å². The van der Waals surface area contributed by atoms with Crippen LogP contribution >= 0.6 is 24.0 Å². The molecule has 2 heterocycles. The van der Waals surface area contributed by atoms with Gasteiger partial charge in [-0.05, 0) is 37.0 Å². The molecule has 0 aromatic heterocycles. The summed E-state index contributed by atoms with van der Waals surface area (Å²) in [6.07, 6.45) is 2.16. The molecule has 2 saturated heterocycles. The lowest BCUT2D eigenvalue weighted by molar-refractivity contribution is 0.0195. The van der Waals surface area contributed by atoms with Gasteiger partial charge in [0.15, 0.2) is 5.96 Å². The zero-order valence-corrected chi connectivity index (χ0v) is 19.1. The molecule has 0 radical (unpaired) electrons. The molecule has 1 aromatic rings. The number of benzene rings is 1. The largest absolute Gasteiger partial charge is 0.496 e. The van der Waals surface area contributed by atoms with Crippen molar-refractivity contribution in [1.29, 1.82) is 0 Å². The number of hydrogen-bond donors (Lipinski definition) is 1. The summed E-state index contributed by atoms with van der Waals surface area (Å²) in [6, 6.07) is 7.05. The summed E-state index contributed by atoms with van der Waals surface area (Å²) < 4.78 is 10.9. The van der Waals surface area contributed by atoms with Crippen LogP contribution in [0.15, 0.2) is 23.2 Å². The van der Waals surface area contributed by atoms with Gasteiger partial charge in [-0.1, -0.05) is 12.1 Å². The summed E-state index contributed by atoms with van der Waals surface area (Å²) in [5.41, 5.74) is 2.45. The molecule has 0 bridgehead atoms. The standard InChI is InChI=1S/C20H32N4O2.HI/c1-16-4-5-17(14-19(16)25-3)6-8-22-20(21-2)24-9-7-18(15-24)23-10-12-26-13-11-23;/h4-5,14,18H,6-13,15H2,1-3H3,(H,21,22);1H. The molecule has 27 heavy (non-hydrogen) atoms. The second kappa shape index (κ2) is 11.1. The van der Waals surface area contributed by atoms with E-state index in [9.17, 15) is 0 Å². The minimum Gasteiger partial charge on any atom is -0.496 e. The number of nitrogens with one attached hydrogen (secondary N) is 1. The Bertz CT molecular complexity index is 620. The van der Waals surface area contributed by atoms with Crippen LogP contribution in [0.1, 0.15) is 17.5 Å². The van der Waals surface area contributed by atoms with Gasteiger partial charge in [-0.2, -0.15) is 0 Å². The van der Waals surface area contributed by atoms with Gasteiger partial charge in [-0.3, -0.25) is 9.89 Å². The van der Waals surface area contributed by atoms with Crippen LogP contribution in [-0.2, 0) is 11.2 Å². The van der Waals surface area contributed by atoms with Crippen molar-refractivity contribution in [3.05, 3.63) is 29.3 Å². The summed E-state index contributed by atoms with van der Waals surface area (Å²) >= 11 is 0. The number of methoxy groups -OCH3 is 1. The van der Waals surface area contributed by atoms with E-state index in [0.717, 1.165) is 64.1 Å². The van der Waals surface area contributed by atoms with Gasteiger partial charge in [0, 0.05) is 45.8 Å². The quantitative estimate of drug-likeness (QED) is 0.391. The van der Waals surface area contributed by atoms with E-state index in [-0.39, 0.29) is 24.0 Å². The molecule has 1 N–H and O–H groups in total. The van der Waals surface area contributed by atoms with E-state index in [0.29, 0.717) is 6.04 Å². The second-order valence-electron chi connectivity index (χ2n) is 7.06. The van der Waals surface area contributed by atoms with Crippen LogP contribution in [0, 0.1) is 6.92 Å². The van der Waals surface area contributed by atoms with Gasteiger partial charge in [0.2, 0.25) is 0 Å². The maximum Gasteiger partial charge on any atom is 0.193 e. The second-order valence-corrected chi connectivity index (χ2v) is 7.06. The van der Waals surface area contributed by atoms with Gasteiger partial charge in [0.1, 0.15) is 5.75 Å². The van der Waals surface area contributed by atoms with Gasteiger partial charge < -0.3 is 19.7 Å². The molecule has 0 amide bonds. The molecule has 6 nitrogen and oxygen atoms in total. The first-order chi connectivity index (χ1) is 12.7. The first-order valence-corrected chi connectivity index (χ1v) is 9.62. The molecule has 1 atom stereocenters. The Balaban J connectivity index is 0.00000261. The zero-order chi connectivity index (χ0) is 18.4. The highest BCUT2D eigenvalue weighted by Gasteiger charge is 2.30. The Morgan fingerprint density at radius 3 is 2.78 bits per heavy atom. The Morgan fingerprint density at radius 1 is 1.30 bits per heavy atom. The maximum atomic E-state index is 5.47. The van der Waals surface area contributed by atoms with Gasteiger partial charge in [0.05, 0.1) is 20.3 Å². The van der Waals surface area contributed by atoms with E-state index in [1.165, 1.54) is 17.5 Å². The van der Waals surface area contributed by atoms with E-state index in [1.807, 2.05) is 7.05 Å². The molecule has 0 saturated carbocycles. The molecule has 152 valence electrons. The molecular weight excluding hydrogens is 455 g/mol. The molecule has 0 aliphatic carbocycles. The lowest BCUT2D eigenvalue weighted by Crippen LogP contribution is -2.46. The molecule has 0 spiro atoms. The number of morpholine rings is 1. The molecule has 2 aliphatic heterocycles. The number of halogens is 1. The van der Waals surface area contributed by atoms with Crippen molar-refractivity contribution < 1.29 is 9.47 Å². The summed E-state index contributed by atoms with van der Waals surface area (Å²) in [6.45, 7) is 8.91. The SMILES string of the molecule is CN=C(NCCc1ccc(C)c(OC)c1)N1CCC(N2CCOCC2)C1.I. The van der Waals surface area contributed by atoms with Crippen molar-refractivity contribution in [3.8, 4) is 5.75 Å². The van der Waals surface area contributed by atoms with Gasteiger partial charge in [-0.15, -0.1) is 24.0 Å². The highest BCUT2D eigenvalue weighted by Crippen LogP contribution is 2.19. The number of aliphatic imine (C=N–C) groups is 1. The van der Waals surface area contributed by atoms with Crippen LogP contribution in [0.5, 0.6) is 5.75 Å². The van der Waals surface area contributed by atoms with E-state index < -0.39 is 0 Å². The predicted octanol–water partition coefficient (Wildman–Crippen LogP) is 2.15. The highest BCUT2D eigenvalue weighted by atomic mass is 127. The van der Waals surface area contributed by atoms with Crippen molar-refractivity contribution in [1.82, 2.24) is 15.1 Å². The number of rotatable bonds is 5. The van der Waals surface area contributed by atoms with Crippen LogP contribution in [0.2, 0.25) is 0 Å². The summed E-state index contributed by atoms with van der Waals surface area (Å²) in [5, 5.41) is 3.53. The molecule has 1 unspecified atom stereocenters. The molecule has 1 aromatic carbocycles. The summed E-state index contributed by atoms with van der Waals surface area (Å²) in [5.74, 6) is 1.97. The lowest BCUT2D eigenvalue weighted by atomic mass is 10.1. The van der Waals surface area contributed by atoms with Gasteiger partial charge in [0.25, 0.3) is 0 Å². The molecule has 3 rings (SSSR count). The molecule has 2 aliphatic rings. The van der Waals surface area contributed by atoms with E-state index in [2.05, 4.69) is 45.2 Å². The van der Waals surface area contributed by atoms with Gasteiger partial charge >= 0.3 is 0 Å². The average molecular weight is 488 g/mol. The fourth-order valence-electron chi connectivity index (χ4n) is 3.85. The first-order valence-electron chi connectivity index (χ1n) is 9.62. The minimum absolute atomic E-state index is 0. The van der Waals surface area contributed by atoms with Crippen LogP contribution in [-0.4, -0.2) is 81.9 Å². The Hall–Kier alpha value is -1.06. The maximum absolute atomic E-state index is 5.47. The van der Waals surface area contributed by atoms with Crippen LogP contribution in [0.4, 0.5) is 0 Å². The fourth-order valence-corrected chi connectivity index (χ4v) is 3.85. The highest BCUT2D eigenvalue weighted by molar-refractivity contribution is 14.0. The van der Waals surface area contributed by atoms with Crippen molar-refractivity contribution in [3.63, 3.8) is 0 Å². The molecule has 2 fully saturated rings. The number of guanidine groups is 1. The molecule has 7 heteroatoms. The van der Waals surface area contributed by atoms with Crippen LogP contribution in [0.3, 0.4) is 0 Å². The number of ether oxygens (including phenoxy) is 2. The van der Waals surface area contributed by atoms with E-state index in [4.69, 9.17) is 9.47 Å². The predicted molar refractivity (Wildman–Crippen MR) is 121 cm³/mol. The number of likely N-dealkylation sites (tertiary alicyclic amines) is 1. The summed E-state index contributed by atoms with van der Waals surface area (Å²) in [4.78, 5) is 9.44. The van der Waals surface area contributed by atoms with Gasteiger partial charge in [-0.25, -0.2) is 0 Å².